The first-order valence-electron chi connectivity index (χ1n) is 8.90. The lowest BCUT2D eigenvalue weighted by Crippen LogP contribution is -2.30. The Bertz CT molecular complexity index is 930. The minimum Gasteiger partial charge on any atom is -0.337 e. The number of amides is 1. The fourth-order valence-electron chi connectivity index (χ4n) is 3.40. The van der Waals surface area contributed by atoms with Gasteiger partial charge in [-0.2, -0.15) is 4.98 Å². The van der Waals surface area contributed by atoms with Gasteiger partial charge >= 0.3 is 0 Å². The number of carbonyl (C=O) groups is 1. The van der Waals surface area contributed by atoms with E-state index in [1.54, 1.807) is 0 Å². The Hall–Kier alpha value is -2.95. The van der Waals surface area contributed by atoms with E-state index in [0.29, 0.717) is 23.8 Å². The zero-order valence-electron chi connectivity index (χ0n) is 15.0. The molecule has 1 saturated heterocycles. The van der Waals surface area contributed by atoms with Crippen LogP contribution in [0.3, 0.4) is 0 Å². The van der Waals surface area contributed by atoms with Crippen LogP contribution in [0.25, 0.3) is 11.4 Å². The molecule has 0 radical (unpaired) electrons. The third-order valence-electron chi connectivity index (χ3n) is 4.82. The first-order valence-corrected chi connectivity index (χ1v) is 8.90. The lowest BCUT2D eigenvalue weighted by Gasteiger charge is -2.22. The molecule has 1 amide bonds. The normalized spacial score (nSPS) is 16.8. The van der Waals surface area contributed by atoms with Crippen molar-refractivity contribution in [1.82, 2.24) is 15.0 Å². The van der Waals surface area contributed by atoms with E-state index in [9.17, 15) is 4.79 Å². The van der Waals surface area contributed by atoms with Crippen molar-refractivity contribution < 1.29 is 9.32 Å². The van der Waals surface area contributed by atoms with Crippen molar-refractivity contribution in [1.29, 1.82) is 0 Å². The van der Waals surface area contributed by atoms with Gasteiger partial charge in [-0.25, -0.2) is 0 Å². The van der Waals surface area contributed by atoms with Crippen LogP contribution in [0.5, 0.6) is 0 Å². The molecule has 5 nitrogen and oxygen atoms in total. The van der Waals surface area contributed by atoms with Gasteiger partial charge in [0.25, 0.3) is 5.91 Å². The molecular weight excluding hydrogens is 326 g/mol. The molecule has 3 aromatic rings. The largest absolute Gasteiger partial charge is 0.337 e. The highest BCUT2D eigenvalue weighted by molar-refractivity contribution is 5.94. The Morgan fingerprint density at radius 1 is 1.12 bits per heavy atom. The molecule has 132 valence electrons. The predicted octanol–water partition coefficient (Wildman–Crippen LogP) is 4.33. The number of aromatic nitrogens is 2. The van der Waals surface area contributed by atoms with Crippen LogP contribution in [0.2, 0.25) is 0 Å². The molecule has 26 heavy (non-hydrogen) atoms. The predicted molar refractivity (Wildman–Crippen MR) is 98.7 cm³/mol. The van der Waals surface area contributed by atoms with Crippen LogP contribution in [0.4, 0.5) is 0 Å². The van der Waals surface area contributed by atoms with Gasteiger partial charge in [-0.3, -0.25) is 4.79 Å². The van der Waals surface area contributed by atoms with Crippen molar-refractivity contribution in [2.75, 3.05) is 6.54 Å². The highest BCUT2D eigenvalue weighted by Crippen LogP contribution is 2.33. The van der Waals surface area contributed by atoms with Crippen molar-refractivity contribution in [2.45, 2.75) is 32.7 Å². The molecule has 0 spiro atoms. The van der Waals surface area contributed by atoms with Crippen LogP contribution in [-0.4, -0.2) is 27.5 Å². The molecule has 1 aliphatic rings. The van der Waals surface area contributed by atoms with Gasteiger partial charge in [-0.05, 0) is 44.9 Å². The lowest BCUT2D eigenvalue weighted by atomic mass is 10.1. The Morgan fingerprint density at radius 3 is 2.69 bits per heavy atom. The molecule has 1 fully saturated rings. The van der Waals surface area contributed by atoms with Gasteiger partial charge in [0, 0.05) is 17.7 Å². The third kappa shape index (κ3) is 3.12. The summed E-state index contributed by atoms with van der Waals surface area (Å²) in [5.74, 6) is 1.10. The summed E-state index contributed by atoms with van der Waals surface area (Å²) in [4.78, 5) is 19.3. The van der Waals surface area contributed by atoms with Gasteiger partial charge < -0.3 is 9.42 Å². The van der Waals surface area contributed by atoms with E-state index in [-0.39, 0.29) is 11.9 Å². The van der Waals surface area contributed by atoms with E-state index in [4.69, 9.17) is 4.52 Å². The molecule has 1 aromatic heterocycles. The molecule has 2 aromatic carbocycles. The molecule has 1 atom stereocenters. The number of rotatable bonds is 3. The summed E-state index contributed by atoms with van der Waals surface area (Å²) in [5, 5.41) is 4.13. The summed E-state index contributed by atoms with van der Waals surface area (Å²) in [7, 11) is 0. The third-order valence-corrected chi connectivity index (χ3v) is 4.82. The molecule has 0 bridgehead atoms. The van der Waals surface area contributed by atoms with Gasteiger partial charge in [-0.15, -0.1) is 0 Å². The van der Waals surface area contributed by atoms with Crippen LogP contribution in [0.15, 0.2) is 53.1 Å². The standard InChI is InChI=1S/C21H21N3O2/c1-14-8-10-16(11-9-14)21(25)24-12-4-7-18(24)20-22-19(23-26-20)17-6-3-5-15(2)13-17/h3,5-6,8-11,13,18H,4,7,12H2,1-2H3. The summed E-state index contributed by atoms with van der Waals surface area (Å²) in [6.45, 7) is 4.75. The average Bonchev–Trinajstić information content (AvgIpc) is 3.31. The van der Waals surface area contributed by atoms with Gasteiger partial charge in [-0.1, -0.05) is 46.6 Å². The molecule has 1 aliphatic heterocycles. The number of aryl methyl sites for hydroxylation is 2. The fourth-order valence-corrected chi connectivity index (χ4v) is 3.40. The Balaban J connectivity index is 1.59. The first-order chi connectivity index (χ1) is 12.6. The smallest absolute Gasteiger partial charge is 0.254 e. The lowest BCUT2D eigenvalue weighted by molar-refractivity contribution is 0.0710. The van der Waals surface area contributed by atoms with Crippen LogP contribution in [0.1, 0.15) is 46.3 Å². The number of hydrogen-bond acceptors (Lipinski definition) is 4. The summed E-state index contributed by atoms with van der Waals surface area (Å²) in [6, 6.07) is 15.5. The van der Waals surface area contributed by atoms with Crippen molar-refractivity contribution in [2.24, 2.45) is 0 Å². The number of likely N-dealkylation sites (tertiary alicyclic amines) is 1. The second-order valence-corrected chi connectivity index (χ2v) is 6.85. The maximum atomic E-state index is 12.9. The van der Waals surface area contributed by atoms with Crippen LogP contribution in [0, 0.1) is 13.8 Å². The van der Waals surface area contributed by atoms with Crippen molar-refractivity contribution in [3.63, 3.8) is 0 Å². The zero-order chi connectivity index (χ0) is 18.1. The SMILES string of the molecule is Cc1ccc(C(=O)N2CCCC2c2nc(-c3cccc(C)c3)no2)cc1. The molecule has 1 unspecified atom stereocenters. The number of nitrogens with zero attached hydrogens (tertiary/aromatic N) is 3. The molecule has 0 saturated carbocycles. The second-order valence-electron chi connectivity index (χ2n) is 6.85. The Kier molecular flexibility index (Phi) is 4.29. The van der Waals surface area contributed by atoms with Crippen LogP contribution >= 0.6 is 0 Å². The van der Waals surface area contributed by atoms with Gasteiger partial charge in [0.2, 0.25) is 11.7 Å². The van der Waals surface area contributed by atoms with E-state index in [0.717, 1.165) is 29.5 Å². The summed E-state index contributed by atoms with van der Waals surface area (Å²) >= 11 is 0. The van der Waals surface area contributed by atoms with Gasteiger partial charge in [0.05, 0.1) is 0 Å². The van der Waals surface area contributed by atoms with E-state index < -0.39 is 0 Å². The number of carbonyl (C=O) groups excluding carboxylic acids is 1. The first kappa shape index (κ1) is 16.5. The fraction of sp³-hybridized carbons (Fsp3) is 0.286. The van der Waals surface area contributed by atoms with E-state index in [2.05, 4.69) is 10.1 Å². The molecule has 0 aliphatic carbocycles. The molecule has 0 N–H and O–H groups in total. The Labute approximate surface area is 152 Å². The second kappa shape index (κ2) is 6.75. The highest BCUT2D eigenvalue weighted by Gasteiger charge is 2.34. The maximum Gasteiger partial charge on any atom is 0.254 e. The van der Waals surface area contributed by atoms with Crippen LogP contribution in [-0.2, 0) is 0 Å². The monoisotopic (exact) mass is 347 g/mol. The summed E-state index contributed by atoms with van der Waals surface area (Å²) in [5.41, 5.74) is 3.90. The Morgan fingerprint density at radius 2 is 1.92 bits per heavy atom. The average molecular weight is 347 g/mol. The molecular formula is C21H21N3O2. The molecule has 2 heterocycles. The van der Waals surface area contributed by atoms with Crippen molar-refractivity contribution in [3.05, 3.63) is 71.1 Å². The summed E-state index contributed by atoms with van der Waals surface area (Å²) < 4.78 is 5.52. The van der Waals surface area contributed by atoms with Crippen LogP contribution < -0.4 is 0 Å². The summed E-state index contributed by atoms with van der Waals surface area (Å²) in [6.07, 6.45) is 1.78. The van der Waals surface area contributed by atoms with E-state index in [1.165, 1.54) is 0 Å². The minimum absolute atomic E-state index is 0.0165. The van der Waals surface area contributed by atoms with E-state index in [1.807, 2.05) is 67.3 Å². The van der Waals surface area contributed by atoms with Crippen molar-refractivity contribution in [3.8, 4) is 11.4 Å². The highest BCUT2D eigenvalue weighted by atomic mass is 16.5. The minimum atomic E-state index is -0.158. The number of hydrogen-bond donors (Lipinski definition) is 0. The topological polar surface area (TPSA) is 59.2 Å². The van der Waals surface area contributed by atoms with Crippen molar-refractivity contribution >= 4 is 5.91 Å². The van der Waals surface area contributed by atoms with Gasteiger partial charge in [0.1, 0.15) is 6.04 Å². The quantitative estimate of drug-likeness (QED) is 0.707. The number of benzene rings is 2. The maximum absolute atomic E-state index is 12.9. The zero-order valence-corrected chi connectivity index (χ0v) is 15.0. The van der Waals surface area contributed by atoms with E-state index >= 15 is 0 Å². The molecule has 4 rings (SSSR count). The molecule has 5 heteroatoms. The van der Waals surface area contributed by atoms with Gasteiger partial charge in [0.15, 0.2) is 0 Å².